The van der Waals surface area contributed by atoms with Gasteiger partial charge in [-0.1, -0.05) is 17.7 Å². The predicted octanol–water partition coefficient (Wildman–Crippen LogP) is 4.78. The largest absolute Gasteiger partial charge is 0.486 e. The summed E-state index contributed by atoms with van der Waals surface area (Å²) >= 11 is 5.90. The van der Waals surface area contributed by atoms with Gasteiger partial charge in [-0.25, -0.2) is 23.1 Å². The minimum Gasteiger partial charge on any atom is -0.486 e. The number of rotatable bonds is 8. The molecule has 5 rings (SSSR count). The van der Waals surface area contributed by atoms with Gasteiger partial charge in [-0.15, -0.1) is 0 Å². The zero-order chi connectivity index (χ0) is 26.0. The molecule has 37 heavy (non-hydrogen) atoms. The van der Waals surface area contributed by atoms with Gasteiger partial charge in [0.25, 0.3) is 5.92 Å². The van der Waals surface area contributed by atoms with E-state index in [4.69, 9.17) is 21.1 Å². The van der Waals surface area contributed by atoms with Gasteiger partial charge >= 0.3 is 0 Å². The first-order valence-electron chi connectivity index (χ1n) is 11.6. The smallest absolute Gasteiger partial charge is 0.272 e. The number of benzene rings is 2. The molecule has 12 heteroatoms. The number of hydrogen-bond acceptors (Lipinski definition) is 7. The number of amides is 1. The molecule has 2 aromatic carbocycles. The molecule has 2 aliphatic heterocycles. The molecule has 1 amide bonds. The maximum absolute atomic E-state index is 13.6. The maximum Gasteiger partial charge on any atom is 0.272 e. The lowest BCUT2D eigenvalue weighted by molar-refractivity contribution is -0.125. The van der Waals surface area contributed by atoms with Gasteiger partial charge in [0.1, 0.15) is 29.8 Å². The minimum absolute atomic E-state index is 0.0421. The highest BCUT2D eigenvalue weighted by Gasteiger charge is 2.42. The van der Waals surface area contributed by atoms with Crippen LogP contribution < -0.4 is 15.4 Å². The fourth-order valence-electron chi connectivity index (χ4n) is 4.09. The predicted molar refractivity (Wildman–Crippen MR) is 133 cm³/mol. The molecule has 1 atom stereocenters. The average molecular weight is 534 g/mol. The Hall–Kier alpha value is -3.41. The van der Waals surface area contributed by atoms with Crippen molar-refractivity contribution in [3.63, 3.8) is 0 Å². The van der Waals surface area contributed by atoms with Crippen molar-refractivity contribution in [3.8, 4) is 5.75 Å². The molecule has 0 radical (unpaired) electrons. The summed E-state index contributed by atoms with van der Waals surface area (Å²) in [6.45, 7) is 0.605. The van der Waals surface area contributed by atoms with E-state index < -0.39 is 17.6 Å². The van der Waals surface area contributed by atoms with Crippen LogP contribution in [0.3, 0.4) is 0 Å². The van der Waals surface area contributed by atoms with E-state index in [0.717, 1.165) is 0 Å². The Kier molecular flexibility index (Phi) is 7.18. The Morgan fingerprint density at radius 2 is 2.11 bits per heavy atom. The van der Waals surface area contributed by atoms with E-state index in [0.29, 0.717) is 53.5 Å². The Labute approximate surface area is 215 Å². The van der Waals surface area contributed by atoms with Crippen LogP contribution in [-0.4, -0.2) is 65.6 Å². The number of likely N-dealkylation sites (tertiary alicyclic amines) is 1. The zero-order valence-corrected chi connectivity index (χ0v) is 20.3. The first kappa shape index (κ1) is 25.2. The molecular weight excluding hydrogens is 511 g/mol. The lowest BCUT2D eigenvalue weighted by atomic mass is 10.1. The van der Waals surface area contributed by atoms with Gasteiger partial charge in [-0.2, -0.15) is 0 Å². The number of ether oxygens (including phenoxy) is 2. The van der Waals surface area contributed by atoms with Crippen LogP contribution in [0.15, 0.2) is 48.8 Å². The summed E-state index contributed by atoms with van der Waals surface area (Å²) < 4.78 is 51.1. The number of nitrogens with zero attached hydrogens (tertiary/aromatic N) is 3. The second-order valence-electron chi connectivity index (χ2n) is 8.86. The van der Waals surface area contributed by atoms with Crippen molar-refractivity contribution in [1.82, 2.24) is 14.9 Å². The number of alkyl halides is 2. The van der Waals surface area contributed by atoms with Gasteiger partial charge in [0, 0.05) is 36.2 Å². The molecule has 8 nitrogen and oxygen atoms in total. The van der Waals surface area contributed by atoms with E-state index >= 15 is 0 Å². The second-order valence-corrected chi connectivity index (χ2v) is 9.27. The number of aromatic nitrogens is 2. The second kappa shape index (κ2) is 10.5. The normalized spacial score (nSPS) is 19.2. The van der Waals surface area contributed by atoms with Gasteiger partial charge in [0.15, 0.2) is 0 Å². The standard InChI is InChI=1S/C25H23ClF3N5O3/c26-18-8-15(3-4-19(18)27)32-24-17-9-21(33-23(35)2-1-6-34-12-25(28,29)13-34)22(10-20(17)30-14-31-24)37-16-5-7-36-11-16/h1-4,8-10,14,16H,5-7,11-13H2,(H,33,35)(H,30,31,32). The number of fused-ring (bicyclic) bond motifs is 1. The summed E-state index contributed by atoms with van der Waals surface area (Å²) in [5.74, 6) is -2.84. The number of nitrogens with one attached hydrogen (secondary N) is 2. The van der Waals surface area contributed by atoms with Crippen molar-refractivity contribution in [1.29, 1.82) is 0 Å². The third kappa shape index (κ3) is 6.12. The van der Waals surface area contributed by atoms with Crippen LogP contribution in [0.25, 0.3) is 10.9 Å². The summed E-state index contributed by atoms with van der Waals surface area (Å²) in [5, 5.41) is 6.42. The summed E-state index contributed by atoms with van der Waals surface area (Å²) in [5.41, 5.74) is 1.44. The van der Waals surface area contributed by atoms with Gasteiger partial charge in [-0.3, -0.25) is 9.69 Å². The highest BCUT2D eigenvalue weighted by molar-refractivity contribution is 6.31. The number of carbonyl (C=O) groups excluding carboxylic acids is 1. The molecule has 0 spiro atoms. The molecule has 0 aliphatic carbocycles. The van der Waals surface area contributed by atoms with E-state index in [2.05, 4.69) is 20.6 Å². The quantitative estimate of drug-likeness (QED) is 0.403. The molecule has 2 saturated heterocycles. The molecule has 3 heterocycles. The van der Waals surface area contributed by atoms with Gasteiger partial charge < -0.3 is 20.1 Å². The summed E-state index contributed by atoms with van der Waals surface area (Å²) in [6, 6.07) is 7.57. The van der Waals surface area contributed by atoms with Gasteiger partial charge in [0.05, 0.1) is 42.5 Å². The van der Waals surface area contributed by atoms with Crippen molar-refractivity contribution in [2.24, 2.45) is 0 Å². The number of carbonyl (C=O) groups is 1. The number of halogens is 4. The van der Waals surface area contributed by atoms with Crippen molar-refractivity contribution < 1.29 is 27.4 Å². The van der Waals surface area contributed by atoms with Crippen molar-refractivity contribution in [3.05, 3.63) is 59.7 Å². The Balaban J connectivity index is 1.40. The van der Waals surface area contributed by atoms with Crippen molar-refractivity contribution in [2.45, 2.75) is 18.4 Å². The summed E-state index contributed by atoms with van der Waals surface area (Å²) in [6.07, 6.45) is 4.72. The maximum atomic E-state index is 13.6. The van der Waals surface area contributed by atoms with Crippen molar-refractivity contribution >= 4 is 45.6 Å². The SMILES string of the molecule is O=C(C=CCN1CC(F)(F)C1)Nc1cc2c(Nc3ccc(F)c(Cl)c3)ncnc2cc1OC1CCOC1. The van der Waals surface area contributed by atoms with Crippen LogP contribution in [0.2, 0.25) is 5.02 Å². The average Bonchev–Trinajstić information content (AvgIpc) is 3.34. The monoisotopic (exact) mass is 533 g/mol. The topological polar surface area (TPSA) is 88.6 Å². The highest BCUT2D eigenvalue weighted by atomic mass is 35.5. The van der Waals surface area contributed by atoms with Gasteiger partial charge in [0.2, 0.25) is 5.91 Å². The van der Waals surface area contributed by atoms with E-state index in [1.807, 2.05) is 0 Å². The van der Waals surface area contributed by atoms with Crippen LogP contribution in [-0.2, 0) is 9.53 Å². The van der Waals surface area contributed by atoms with Crippen LogP contribution in [0, 0.1) is 5.82 Å². The Morgan fingerprint density at radius 1 is 1.27 bits per heavy atom. The molecule has 194 valence electrons. The molecule has 2 aliphatic rings. The molecule has 0 bridgehead atoms. The van der Waals surface area contributed by atoms with Crippen LogP contribution in [0.4, 0.5) is 30.4 Å². The Bertz CT molecular complexity index is 1340. The van der Waals surface area contributed by atoms with E-state index in [9.17, 15) is 18.0 Å². The van der Waals surface area contributed by atoms with Crippen LogP contribution in [0.1, 0.15) is 6.42 Å². The van der Waals surface area contributed by atoms with E-state index in [-0.39, 0.29) is 30.8 Å². The molecule has 0 saturated carbocycles. The molecule has 3 aromatic rings. The zero-order valence-electron chi connectivity index (χ0n) is 19.5. The third-order valence-electron chi connectivity index (χ3n) is 5.90. The fourth-order valence-corrected chi connectivity index (χ4v) is 4.28. The molecule has 1 unspecified atom stereocenters. The minimum atomic E-state index is -2.66. The molecule has 1 aromatic heterocycles. The van der Waals surface area contributed by atoms with E-state index in [1.54, 1.807) is 12.1 Å². The van der Waals surface area contributed by atoms with Crippen molar-refractivity contribution in [2.75, 3.05) is 43.5 Å². The lowest BCUT2D eigenvalue weighted by Gasteiger charge is -2.37. The van der Waals surface area contributed by atoms with Gasteiger partial charge in [-0.05, 0) is 24.3 Å². The molecular formula is C25H23ClF3N5O3. The fraction of sp³-hybridized carbons (Fsp3) is 0.320. The number of anilines is 3. The lowest BCUT2D eigenvalue weighted by Crippen LogP contribution is -2.55. The number of hydrogen-bond donors (Lipinski definition) is 2. The molecule has 2 fully saturated rings. The van der Waals surface area contributed by atoms with Crippen LogP contribution >= 0.6 is 11.6 Å². The third-order valence-corrected chi connectivity index (χ3v) is 6.19. The molecule has 2 N–H and O–H groups in total. The van der Waals surface area contributed by atoms with Crippen LogP contribution in [0.5, 0.6) is 5.75 Å². The first-order valence-corrected chi connectivity index (χ1v) is 12.0. The Morgan fingerprint density at radius 3 is 2.84 bits per heavy atom. The summed E-state index contributed by atoms with van der Waals surface area (Å²) in [7, 11) is 0. The summed E-state index contributed by atoms with van der Waals surface area (Å²) in [4.78, 5) is 22.8. The van der Waals surface area contributed by atoms with E-state index in [1.165, 1.54) is 41.6 Å². The first-order chi connectivity index (χ1) is 17.8. The highest BCUT2D eigenvalue weighted by Crippen LogP contribution is 2.35.